The molecule has 0 aliphatic carbocycles. The number of nitrogens with zero attached hydrogens (tertiary/aromatic N) is 4. The fraction of sp³-hybridized carbons (Fsp3) is 0.424. The summed E-state index contributed by atoms with van der Waals surface area (Å²) in [5, 5.41) is 10.8. The third kappa shape index (κ3) is 6.94. The quantitative estimate of drug-likeness (QED) is 0.474. The van der Waals surface area contributed by atoms with Gasteiger partial charge in [-0.2, -0.15) is 0 Å². The van der Waals surface area contributed by atoms with Crippen LogP contribution in [0.15, 0.2) is 67.3 Å². The molecule has 1 saturated heterocycles. The Morgan fingerprint density at radius 1 is 0.927 bits per heavy atom. The first-order valence-electron chi connectivity index (χ1n) is 14.7. The average molecular weight is 557 g/mol. The Morgan fingerprint density at radius 3 is 2.34 bits per heavy atom. The Kier molecular flexibility index (Phi) is 9.31. The molecule has 0 bridgehead atoms. The molecule has 1 atom stereocenters. The second-order valence-electron chi connectivity index (χ2n) is 11.2. The highest BCUT2D eigenvalue weighted by atomic mass is 16.3. The maximum atomic E-state index is 13.6. The number of carbonyl (C=O) groups excluding carboxylic acids is 3. The molecule has 8 heteroatoms. The van der Waals surface area contributed by atoms with Crippen molar-refractivity contribution in [2.75, 3.05) is 37.6 Å². The third-order valence-corrected chi connectivity index (χ3v) is 8.23. The van der Waals surface area contributed by atoms with Crippen LogP contribution >= 0.6 is 0 Å². The lowest BCUT2D eigenvalue weighted by Gasteiger charge is -2.27. The van der Waals surface area contributed by atoms with Crippen molar-refractivity contribution in [2.24, 2.45) is 0 Å². The Morgan fingerprint density at radius 2 is 1.63 bits per heavy atom. The van der Waals surface area contributed by atoms with Gasteiger partial charge in [0, 0.05) is 56.8 Å². The molecule has 1 N–H and O–H groups in total. The summed E-state index contributed by atoms with van der Waals surface area (Å²) in [6.45, 7) is 7.53. The van der Waals surface area contributed by atoms with Crippen molar-refractivity contribution in [3.8, 4) is 0 Å². The van der Waals surface area contributed by atoms with E-state index in [0.717, 1.165) is 48.3 Å². The van der Waals surface area contributed by atoms with Crippen LogP contribution in [0, 0.1) is 0 Å². The molecule has 0 radical (unpaired) electrons. The molecule has 3 amide bonds. The number of aliphatic hydroxyl groups is 1. The highest BCUT2D eigenvalue weighted by molar-refractivity contribution is 5.97. The number of carbonyl (C=O) groups is 3. The fourth-order valence-corrected chi connectivity index (χ4v) is 5.85. The van der Waals surface area contributed by atoms with E-state index in [-0.39, 0.29) is 24.3 Å². The van der Waals surface area contributed by atoms with Crippen LogP contribution in [0.2, 0.25) is 0 Å². The number of rotatable bonds is 9. The summed E-state index contributed by atoms with van der Waals surface area (Å²) in [7, 11) is 0. The summed E-state index contributed by atoms with van der Waals surface area (Å²) in [5.41, 5.74) is 4.33. The molecule has 0 spiro atoms. The van der Waals surface area contributed by atoms with Gasteiger partial charge in [-0.15, -0.1) is 6.58 Å². The van der Waals surface area contributed by atoms with Gasteiger partial charge in [-0.1, -0.05) is 42.5 Å². The molecule has 3 aliphatic rings. The van der Waals surface area contributed by atoms with Gasteiger partial charge in [0.2, 0.25) is 11.8 Å². The van der Waals surface area contributed by atoms with E-state index in [2.05, 4.69) is 12.6 Å². The molecule has 2 aromatic rings. The summed E-state index contributed by atoms with van der Waals surface area (Å²) in [6.07, 6.45) is 9.60. The maximum Gasteiger partial charge on any atom is 0.254 e. The van der Waals surface area contributed by atoms with Gasteiger partial charge in [-0.3, -0.25) is 19.3 Å². The zero-order valence-corrected chi connectivity index (χ0v) is 23.7. The van der Waals surface area contributed by atoms with Crippen molar-refractivity contribution >= 4 is 23.4 Å². The minimum Gasteiger partial charge on any atom is -0.378 e. The molecule has 0 saturated carbocycles. The summed E-state index contributed by atoms with van der Waals surface area (Å²) in [6, 6.07) is 13.5. The molecular formula is C33H40N4O4. The van der Waals surface area contributed by atoms with Crippen molar-refractivity contribution < 1.29 is 19.5 Å². The topological polar surface area (TPSA) is 84.4 Å². The largest absolute Gasteiger partial charge is 0.378 e. The lowest BCUT2D eigenvalue weighted by Crippen LogP contribution is -2.41. The van der Waals surface area contributed by atoms with Crippen LogP contribution in [0.5, 0.6) is 0 Å². The molecule has 41 heavy (non-hydrogen) atoms. The Balaban J connectivity index is 1.34. The first kappa shape index (κ1) is 28.8. The second-order valence-corrected chi connectivity index (χ2v) is 11.2. The number of piperidine rings is 1. The maximum absolute atomic E-state index is 13.6. The first-order chi connectivity index (χ1) is 19.9. The van der Waals surface area contributed by atoms with Crippen LogP contribution in [0.4, 0.5) is 5.69 Å². The number of amides is 3. The molecule has 1 fully saturated rings. The minimum absolute atomic E-state index is 0.00381. The zero-order valence-electron chi connectivity index (χ0n) is 23.7. The van der Waals surface area contributed by atoms with Crippen molar-refractivity contribution in [3.63, 3.8) is 0 Å². The van der Waals surface area contributed by atoms with Crippen LogP contribution in [-0.4, -0.2) is 76.5 Å². The third-order valence-electron chi connectivity index (χ3n) is 8.23. The number of likely N-dealkylation sites (tertiary alicyclic amines) is 1. The van der Waals surface area contributed by atoms with Crippen molar-refractivity contribution in [2.45, 2.75) is 57.8 Å². The van der Waals surface area contributed by atoms with Crippen molar-refractivity contribution in [1.29, 1.82) is 0 Å². The Hall–Kier alpha value is -3.75. The van der Waals surface area contributed by atoms with E-state index < -0.39 is 6.23 Å². The lowest BCUT2D eigenvalue weighted by molar-refractivity contribution is -0.132. The van der Waals surface area contributed by atoms with Crippen LogP contribution in [0.3, 0.4) is 0 Å². The van der Waals surface area contributed by atoms with E-state index in [1.807, 2.05) is 53.5 Å². The molecule has 3 aliphatic heterocycles. The fourth-order valence-electron chi connectivity index (χ4n) is 5.85. The molecule has 216 valence electrons. The number of fused-ring (bicyclic) bond motifs is 1. The van der Waals surface area contributed by atoms with Gasteiger partial charge in [0.15, 0.2) is 0 Å². The molecular weight excluding hydrogens is 516 g/mol. The Bertz CT molecular complexity index is 1290. The Labute approximate surface area is 242 Å². The molecule has 2 aromatic carbocycles. The normalized spacial score (nSPS) is 18.3. The standard InChI is InChI=1S/C33H40N4O4/c1-2-8-30(38)36-23-28-21-25(12-16-31(39)34-17-4-3-5-18-34)11-15-29(28)37(32(40)24-36)22-26-9-13-27(14-10-26)33(41)35-19-6-7-20-35/h2,6-7,9-11,13-15,21,30,38H,1,3-5,8,12,16-20,22-24H2. The number of anilines is 1. The van der Waals surface area contributed by atoms with E-state index >= 15 is 0 Å². The predicted octanol–water partition coefficient (Wildman–Crippen LogP) is 3.89. The number of benzene rings is 2. The number of hydrogen-bond acceptors (Lipinski definition) is 5. The van der Waals surface area contributed by atoms with Crippen LogP contribution in [-0.2, 0) is 29.1 Å². The molecule has 1 unspecified atom stereocenters. The lowest BCUT2D eigenvalue weighted by atomic mass is 10.0. The molecule has 3 heterocycles. The number of hydrogen-bond donors (Lipinski definition) is 1. The highest BCUT2D eigenvalue weighted by Gasteiger charge is 2.30. The van der Waals surface area contributed by atoms with Crippen LogP contribution in [0.25, 0.3) is 0 Å². The zero-order chi connectivity index (χ0) is 28.8. The summed E-state index contributed by atoms with van der Waals surface area (Å²) in [4.78, 5) is 46.4. The van der Waals surface area contributed by atoms with E-state index in [4.69, 9.17) is 0 Å². The summed E-state index contributed by atoms with van der Waals surface area (Å²) < 4.78 is 0. The first-order valence-corrected chi connectivity index (χ1v) is 14.7. The van der Waals surface area contributed by atoms with E-state index in [1.54, 1.807) is 20.8 Å². The van der Waals surface area contributed by atoms with Gasteiger partial charge in [-0.25, -0.2) is 0 Å². The van der Waals surface area contributed by atoms with Gasteiger partial charge in [0.1, 0.15) is 6.23 Å². The van der Waals surface area contributed by atoms with Gasteiger partial charge in [0.05, 0.1) is 13.1 Å². The average Bonchev–Trinajstić information content (AvgIpc) is 3.50. The van der Waals surface area contributed by atoms with Crippen molar-refractivity contribution in [1.82, 2.24) is 14.7 Å². The molecule has 0 aromatic heterocycles. The highest BCUT2D eigenvalue weighted by Crippen LogP contribution is 2.30. The molecule has 5 rings (SSSR count). The predicted molar refractivity (Wildman–Crippen MR) is 159 cm³/mol. The minimum atomic E-state index is -0.820. The van der Waals surface area contributed by atoms with Crippen molar-refractivity contribution in [3.05, 3.63) is 89.5 Å². The van der Waals surface area contributed by atoms with Gasteiger partial charge < -0.3 is 19.8 Å². The van der Waals surface area contributed by atoms with Crippen LogP contribution in [0.1, 0.15) is 59.2 Å². The SMILES string of the molecule is C=CCC(O)N1CC(=O)N(Cc2ccc(C(=O)N3CC=CC3)cc2)c2ccc(CCC(=O)N3CCCCC3)cc2C1. The smallest absolute Gasteiger partial charge is 0.254 e. The number of aliphatic hydroxyl groups excluding tert-OH is 1. The second kappa shape index (κ2) is 13.3. The van der Waals surface area contributed by atoms with Gasteiger partial charge >= 0.3 is 0 Å². The van der Waals surface area contributed by atoms with Crippen LogP contribution < -0.4 is 4.90 Å². The van der Waals surface area contributed by atoms with E-state index in [9.17, 15) is 19.5 Å². The summed E-state index contributed by atoms with van der Waals surface area (Å²) in [5.74, 6) is 0.0847. The number of aryl methyl sites for hydroxylation is 1. The van der Waals surface area contributed by atoms with E-state index in [1.165, 1.54) is 6.42 Å². The van der Waals surface area contributed by atoms with E-state index in [0.29, 0.717) is 51.0 Å². The van der Waals surface area contributed by atoms with Gasteiger partial charge in [-0.05, 0) is 60.6 Å². The monoisotopic (exact) mass is 556 g/mol. The van der Waals surface area contributed by atoms with Gasteiger partial charge in [0.25, 0.3) is 5.91 Å². The summed E-state index contributed by atoms with van der Waals surface area (Å²) >= 11 is 0. The molecule has 8 nitrogen and oxygen atoms in total.